The Kier molecular flexibility index (Phi) is 7.42. The number of phenols is 1. The second-order valence-corrected chi connectivity index (χ2v) is 7.66. The van der Waals surface area contributed by atoms with Crippen LogP contribution in [0, 0.1) is 13.8 Å². The Balaban J connectivity index is 1.95. The van der Waals surface area contributed by atoms with E-state index in [1.807, 2.05) is 0 Å². The number of aromatic hydroxyl groups is 1. The number of nitrogen functional groups attached to an aromatic ring is 1. The van der Waals surface area contributed by atoms with Crippen LogP contribution in [0.2, 0.25) is 0 Å². The number of hydrogen-bond acceptors (Lipinski definition) is 6. The fourth-order valence-corrected chi connectivity index (χ4v) is 2.85. The smallest absolute Gasteiger partial charge is 0.339 e. The zero-order valence-corrected chi connectivity index (χ0v) is 18.0. The Hall–Kier alpha value is -3.81. The number of aryl methyl sites for hydroxylation is 1. The number of anilines is 1. The molecule has 0 aliphatic carbocycles. The standard InChI is InChI=1S/C23H27N3O5/c1-14-17(25-15(2)19(20(14)24)22(29)30)10-7-8-12-31-13-23(3,4)26-21(28)16-9-5-6-11-18(16)27/h5-12,27H,13H2,1-4H3,(H2,24,25)(H,26,28)(H,29,30)/b10-7-,12-8+. The van der Waals surface area contributed by atoms with E-state index < -0.39 is 17.4 Å². The molecule has 0 saturated heterocycles. The number of nitrogens with one attached hydrogen (secondary N) is 1. The maximum absolute atomic E-state index is 12.3. The summed E-state index contributed by atoms with van der Waals surface area (Å²) in [5.41, 5.74) is 7.16. The van der Waals surface area contributed by atoms with Gasteiger partial charge in [0.15, 0.2) is 0 Å². The van der Waals surface area contributed by atoms with Crippen molar-refractivity contribution in [3.8, 4) is 5.75 Å². The molecule has 0 aliphatic heterocycles. The topological polar surface area (TPSA) is 135 Å². The molecule has 1 aromatic heterocycles. The minimum atomic E-state index is -1.10. The summed E-state index contributed by atoms with van der Waals surface area (Å²) >= 11 is 0. The number of para-hydroxylation sites is 1. The van der Waals surface area contributed by atoms with Gasteiger partial charge in [0, 0.05) is 0 Å². The van der Waals surface area contributed by atoms with Crippen LogP contribution in [0.5, 0.6) is 5.75 Å². The minimum absolute atomic E-state index is 0.0154. The third-order valence-corrected chi connectivity index (χ3v) is 4.51. The number of aromatic carboxylic acids is 1. The highest BCUT2D eigenvalue weighted by Gasteiger charge is 2.23. The number of pyridine rings is 1. The predicted octanol–water partition coefficient (Wildman–Crippen LogP) is 3.44. The molecule has 0 aliphatic rings. The van der Waals surface area contributed by atoms with Gasteiger partial charge in [-0.25, -0.2) is 4.79 Å². The molecule has 8 nitrogen and oxygen atoms in total. The normalized spacial score (nSPS) is 11.7. The third-order valence-electron chi connectivity index (χ3n) is 4.51. The number of carboxylic acids is 1. The molecule has 0 radical (unpaired) electrons. The fraction of sp³-hybridized carbons (Fsp3) is 0.261. The van der Waals surface area contributed by atoms with Crippen molar-refractivity contribution in [2.24, 2.45) is 0 Å². The highest BCUT2D eigenvalue weighted by Crippen LogP contribution is 2.23. The maximum Gasteiger partial charge on any atom is 0.339 e. The summed E-state index contributed by atoms with van der Waals surface area (Å²) in [6.07, 6.45) is 6.53. The summed E-state index contributed by atoms with van der Waals surface area (Å²) < 4.78 is 5.50. The van der Waals surface area contributed by atoms with Gasteiger partial charge >= 0.3 is 5.97 Å². The average molecular weight is 425 g/mol. The van der Waals surface area contributed by atoms with E-state index in [4.69, 9.17) is 10.5 Å². The van der Waals surface area contributed by atoms with Gasteiger partial charge < -0.3 is 26.0 Å². The van der Waals surface area contributed by atoms with Crippen LogP contribution in [0.15, 0.2) is 42.7 Å². The zero-order valence-electron chi connectivity index (χ0n) is 18.0. The Labute approximate surface area is 181 Å². The van der Waals surface area contributed by atoms with Gasteiger partial charge in [0.1, 0.15) is 17.9 Å². The molecule has 0 fully saturated rings. The van der Waals surface area contributed by atoms with Crippen LogP contribution in [-0.2, 0) is 4.74 Å². The number of ether oxygens (including phenoxy) is 1. The largest absolute Gasteiger partial charge is 0.507 e. The monoisotopic (exact) mass is 425 g/mol. The molecule has 0 unspecified atom stereocenters. The van der Waals surface area contributed by atoms with Gasteiger partial charge in [-0.05, 0) is 57.5 Å². The number of nitrogens with zero attached hydrogens (tertiary/aromatic N) is 1. The molecule has 0 spiro atoms. The number of phenolic OH excluding ortho intramolecular Hbond substituents is 1. The van der Waals surface area contributed by atoms with Gasteiger partial charge in [-0.3, -0.25) is 9.78 Å². The number of carbonyl (C=O) groups is 2. The maximum atomic E-state index is 12.3. The van der Waals surface area contributed by atoms with E-state index in [-0.39, 0.29) is 29.2 Å². The van der Waals surface area contributed by atoms with Gasteiger partial charge in [0.25, 0.3) is 5.91 Å². The Morgan fingerprint density at radius 3 is 2.55 bits per heavy atom. The molecule has 1 heterocycles. The number of aromatic nitrogens is 1. The Bertz CT molecular complexity index is 1040. The quantitative estimate of drug-likeness (QED) is 0.376. The summed E-state index contributed by atoms with van der Waals surface area (Å²) in [5, 5.41) is 21.8. The lowest BCUT2D eigenvalue weighted by atomic mass is 10.1. The van der Waals surface area contributed by atoms with Crippen molar-refractivity contribution in [1.82, 2.24) is 10.3 Å². The van der Waals surface area contributed by atoms with Crippen molar-refractivity contribution in [3.05, 3.63) is 70.8 Å². The zero-order chi connectivity index (χ0) is 23.2. The molecule has 1 amide bonds. The molecule has 8 heteroatoms. The molecule has 5 N–H and O–H groups in total. The molecule has 2 aromatic rings. The van der Waals surface area contributed by atoms with Crippen LogP contribution in [0.3, 0.4) is 0 Å². The average Bonchev–Trinajstić information content (AvgIpc) is 2.67. The molecular formula is C23H27N3O5. The van der Waals surface area contributed by atoms with Gasteiger partial charge in [-0.15, -0.1) is 0 Å². The van der Waals surface area contributed by atoms with Crippen LogP contribution in [0.1, 0.15) is 51.5 Å². The van der Waals surface area contributed by atoms with Gasteiger partial charge in [0.2, 0.25) is 0 Å². The summed E-state index contributed by atoms with van der Waals surface area (Å²) in [6, 6.07) is 6.31. The van der Waals surface area contributed by atoms with Crippen LogP contribution in [-0.4, -0.2) is 39.2 Å². The van der Waals surface area contributed by atoms with E-state index in [0.717, 1.165) is 0 Å². The van der Waals surface area contributed by atoms with E-state index in [0.29, 0.717) is 17.0 Å². The summed E-state index contributed by atoms with van der Waals surface area (Å²) in [7, 11) is 0. The number of amides is 1. The third kappa shape index (κ3) is 6.08. The highest BCUT2D eigenvalue weighted by molar-refractivity contribution is 5.97. The Morgan fingerprint density at radius 1 is 1.23 bits per heavy atom. The number of rotatable bonds is 8. The molecule has 31 heavy (non-hydrogen) atoms. The number of carboxylic acid groups (broad SMARTS) is 1. The first kappa shape index (κ1) is 23.5. The van der Waals surface area contributed by atoms with Crippen LogP contribution in [0.4, 0.5) is 5.69 Å². The van der Waals surface area contributed by atoms with Gasteiger partial charge in [0.05, 0.1) is 34.4 Å². The number of carbonyl (C=O) groups excluding carboxylic acids is 1. The van der Waals surface area contributed by atoms with E-state index in [2.05, 4.69) is 10.3 Å². The van der Waals surface area contributed by atoms with Crippen molar-refractivity contribution in [1.29, 1.82) is 0 Å². The first-order valence-electron chi connectivity index (χ1n) is 9.59. The molecule has 0 bridgehead atoms. The van der Waals surface area contributed by atoms with Crippen molar-refractivity contribution in [3.63, 3.8) is 0 Å². The molecule has 2 rings (SSSR count). The van der Waals surface area contributed by atoms with Gasteiger partial charge in [-0.1, -0.05) is 18.2 Å². The highest BCUT2D eigenvalue weighted by atomic mass is 16.5. The Morgan fingerprint density at radius 2 is 1.90 bits per heavy atom. The molecule has 0 atom stereocenters. The lowest BCUT2D eigenvalue weighted by Gasteiger charge is -2.25. The fourth-order valence-electron chi connectivity index (χ4n) is 2.85. The molecular weight excluding hydrogens is 398 g/mol. The predicted molar refractivity (Wildman–Crippen MR) is 119 cm³/mol. The van der Waals surface area contributed by atoms with Crippen molar-refractivity contribution < 1.29 is 24.5 Å². The minimum Gasteiger partial charge on any atom is -0.507 e. The number of hydrogen-bond donors (Lipinski definition) is 4. The van der Waals surface area contributed by atoms with Crippen molar-refractivity contribution >= 4 is 23.6 Å². The lowest BCUT2D eigenvalue weighted by molar-refractivity contribution is 0.0696. The SMILES string of the molecule is Cc1nc(/C=C\C=C\OCC(C)(C)NC(=O)c2ccccc2O)c(C)c(N)c1C(=O)O. The number of nitrogens with two attached hydrogens (primary N) is 1. The van der Waals surface area contributed by atoms with Crippen molar-refractivity contribution in [2.45, 2.75) is 33.2 Å². The van der Waals surface area contributed by atoms with E-state index in [1.54, 1.807) is 64.1 Å². The molecule has 164 valence electrons. The number of allylic oxidation sites excluding steroid dienone is 2. The number of benzene rings is 1. The van der Waals surface area contributed by atoms with Crippen LogP contribution < -0.4 is 11.1 Å². The van der Waals surface area contributed by atoms with Crippen LogP contribution >= 0.6 is 0 Å². The van der Waals surface area contributed by atoms with E-state index in [1.165, 1.54) is 12.3 Å². The van der Waals surface area contributed by atoms with E-state index >= 15 is 0 Å². The first-order chi connectivity index (χ1) is 14.5. The molecule has 0 saturated carbocycles. The van der Waals surface area contributed by atoms with Crippen LogP contribution in [0.25, 0.3) is 6.08 Å². The summed E-state index contributed by atoms with van der Waals surface area (Å²) in [6.45, 7) is 7.12. The van der Waals surface area contributed by atoms with Gasteiger partial charge in [-0.2, -0.15) is 0 Å². The summed E-state index contributed by atoms with van der Waals surface area (Å²) in [5.74, 6) is -1.58. The second-order valence-electron chi connectivity index (χ2n) is 7.66. The lowest BCUT2D eigenvalue weighted by Crippen LogP contribution is -2.46. The molecule has 1 aromatic carbocycles. The second kappa shape index (κ2) is 9.80. The first-order valence-corrected chi connectivity index (χ1v) is 9.59. The van der Waals surface area contributed by atoms with E-state index in [9.17, 15) is 19.8 Å². The van der Waals surface area contributed by atoms with Crippen molar-refractivity contribution in [2.75, 3.05) is 12.3 Å². The summed E-state index contributed by atoms with van der Waals surface area (Å²) in [4.78, 5) is 27.9.